The molecule has 0 saturated heterocycles. The number of imidazole rings is 1. The van der Waals surface area contributed by atoms with Crippen molar-refractivity contribution in [2.24, 2.45) is 0 Å². The number of carboxylic acid groups (broad SMARTS) is 1. The molecule has 21 heavy (non-hydrogen) atoms. The number of hydrogen-bond donors (Lipinski definition) is 1. The topological polar surface area (TPSA) is 54.6 Å². The van der Waals surface area contributed by atoms with Crippen LogP contribution in [0.1, 0.15) is 27.0 Å². The van der Waals surface area contributed by atoms with E-state index in [1.54, 1.807) is 18.3 Å². The Morgan fingerprint density at radius 3 is 2.43 bits per heavy atom. The molecule has 0 fully saturated rings. The zero-order valence-corrected chi connectivity index (χ0v) is 12.2. The summed E-state index contributed by atoms with van der Waals surface area (Å²) in [6, 6.07) is 7.43. The molecule has 4 heteroatoms. The molecule has 0 atom stereocenters. The van der Waals surface area contributed by atoms with E-state index in [1.165, 1.54) is 16.7 Å². The van der Waals surface area contributed by atoms with Gasteiger partial charge in [0.25, 0.3) is 0 Å². The van der Waals surface area contributed by atoms with Crippen molar-refractivity contribution in [1.82, 2.24) is 9.38 Å². The lowest BCUT2D eigenvalue weighted by molar-refractivity contribution is 0.0697. The van der Waals surface area contributed by atoms with Crippen LogP contribution in [-0.2, 0) is 0 Å². The van der Waals surface area contributed by atoms with E-state index in [-0.39, 0.29) is 5.56 Å². The number of nitrogens with zero attached hydrogens (tertiary/aromatic N) is 2. The highest BCUT2D eigenvalue weighted by Gasteiger charge is 2.12. The third-order valence-corrected chi connectivity index (χ3v) is 3.64. The van der Waals surface area contributed by atoms with Crippen molar-refractivity contribution in [3.05, 3.63) is 58.9 Å². The predicted octanol–water partition coefficient (Wildman–Crippen LogP) is 3.62. The smallest absolute Gasteiger partial charge is 0.335 e. The maximum atomic E-state index is 11.0. The molecule has 3 rings (SSSR count). The molecule has 0 aliphatic rings. The summed E-state index contributed by atoms with van der Waals surface area (Å²) in [6.45, 7) is 6.22. The molecular formula is C17H16N2O2. The number of carbonyl (C=O) groups is 1. The quantitative estimate of drug-likeness (QED) is 0.780. The first-order valence-electron chi connectivity index (χ1n) is 6.76. The number of hydrogen-bond acceptors (Lipinski definition) is 2. The van der Waals surface area contributed by atoms with E-state index in [2.05, 4.69) is 37.9 Å². The minimum atomic E-state index is -0.940. The van der Waals surface area contributed by atoms with E-state index in [4.69, 9.17) is 5.11 Å². The van der Waals surface area contributed by atoms with Gasteiger partial charge in [0.15, 0.2) is 0 Å². The van der Waals surface area contributed by atoms with Crippen molar-refractivity contribution in [1.29, 1.82) is 0 Å². The van der Waals surface area contributed by atoms with Gasteiger partial charge in [0.1, 0.15) is 5.65 Å². The van der Waals surface area contributed by atoms with Gasteiger partial charge in [-0.05, 0) is 44.0 Å². The van der Waals surface area contributed by atoms with Gasteiger partial charge in [-0.3, -0.25) is 0 Å². The molecule has 106 valence electrons. The molecule has 2 heterocycles. The molecule has 0 aliphatic carbocycles. The lowest BCUT2D eigenvalue weighted by Crippen LogP contribution is -1.96. The Labute approximate surface area is 122 Å². The number of pyridine rings is 1. The van der Waals surface area contributed by atoms with Gasteiger partial charge in [0.05, 0.1) is 11.3 Å². The Kier molecular flexibility index (Phi) is 3.01. The molecule has 0 bridgehead atoms. The van der Waals surface area contributed by atoms with Crippen molar-refractivity contribution in [2.75, 3.05) is 0 Å². The van der Waals surface area contributed by atoms with Crippen LogP contribution in [0.5, 0.6) is 0 Å². The van der Waals surface area contributed by atoms with Gasteiger partial charge in [0, 0.05) is 18.0 Å². The summed E-state index contributed by atoms with van der Waals surface area (Å²) in [6.07, 6.45) is 3.67. The molecule has 1 N–H and O–H groups in total. The maximum Gasteiger partial charge on any atom is 0.335 e. The SMILES string of the molecule is Cc1cc(C)c(-c2cn3ccc(C(=O)O)cc3n2)c(C)c1. The van der Waals surface area contributed by atoms with Crippen molar-refractivity contribution in [3.8, 4) is 11.3 Å². The van der Waals surface area contributed by atoms with Gasteiger partial charge < -0.3 is 9.51 Å². The first-order chi connectivity index (χ1) is 9.95. The first kappa shape index (κ1) is 13.4. The highest BCUT2D eigenvalue weighted by molar-refractivity contribution is 5.88. The number of aryl methyl sites for hydroxylation is 3. The Morgan fingerprint density at radius 1 is 1.14 bits per heavy atom. The van der Waals surface area contributed by atoms with Gasteiger partial charge >= 0.3 is 5.97 Å². The number of carboxylic acids is 1. The fourth-order valence-corrected chi connectivity index (χ4v) is 2.82. The summed E-state index contributed by atoms with van der Waals surface area (Å²) in [4.78, 5) is 15.6. The summed E-state index contributed by atoms with van der Waals surface area (Å²) >= 11 is 0. The molecule has 0 amide bonds. The zero-order valence-electron chi connectivity index (χ0n) is 12.2. The van der Waals surface area contributed by atoms with Crippen molar-refractivity contribution < 1.29 is 9.90 Å². The standard InChI is InChI=1S/C17H16N2O2/c1-10-6-11(2)16(12(3)7-10)14-9-19-5-4-13(17(20)21)8-15(19)18-14/h4-9H,1-3H3,(H,20,21). The third kappa shape index (κ3) is 2.29. The summed E-state index contributed by atoms with van der Waals surface area (Å²) in [5.74, 6) is -0.940. The second-order valence-corrected chi connectivity index (χ2v) is 5.39. The molecule has 2 aromatic heterocycles. The molecule has 4 nitrogen and oxygen atoms in total. The number of rotatable bonds is 2. The largest absolute Gasteiger partial charge is 0.478 e. The molecule has 0 spiro atoms. The second-order valence-electron chi connectivity index (χ2n) is 5.39. The molecule has 0 aliphatic heterocycles. The maximum absolute atomic E-state index is 11.0. The van der Waals surface area contributed by atoms with Crippen LogP contribution < -0.4 is 0 Å². The molecule has 0 radical (unpaired) electrons. The summed E-state index contributed by atoms with van der Waals surface area (Å²) in [7, 11) is 0. The molecule has 1 aromatic carbocycles. The molecule has 0 saturated carbocycles. The fraction of sp³-hybridized carbons (Fsp3) is 0.176. The van der Waals surface area contributed by atoms with Crippen LogP contribution in [0.15, 0.2) is 36.7 Å². The van der Waals surface area contributed by atoms with E-state index in [9.17, 15) is 4.79 Å². The van der Waals surface area contributed by atoms with Crippen molar-refractivity contribution >= 4 is 11.6 Å². The monoisotopic (exact) mass is 280 g/mol. The molecule has 3 aromatic rings. The van der Waals surface area contributed by atoms with Crippen LogP contribution in [-0.4, -0.2) is 20.5 Å². The van der Waals surface area contributed by atoms with Gasteiger partial charge in [-0.15, -0.1) is 0 Å². The normalized spacial score (nSPS) is 11.0. The van der Waals surface area contributed by atoms with Gasteiger partial charge in [-0.25, -0.2) is 9.78 Å². The Bertz CT molecular complexity index is 839. The minimum absolute atomic E-state index is 0.247. The lowest BCUT2D eigenvalue weighted by atomic mass is 9.98. The average Bonchev–Trinajstić information content (AvgIpc) is 2.79. The Balaban J connectivity index is 2.20. The molecular weight excluding hydrogens is 264 g/mol. The number of aromatic nitrogens is 2. The van der Waals surface area contributed by atoms with E-state index in [1.807, 2.05) is 10.6 Å². The van der Waals surface area contributed by atoms with Gasteiger partial charge in [-0.1, -0.05) is 17.7 Å². The van der Waals surface area contributed by atoms with E-state index < -0.39 is 5.97 Å². The van der Waals surface area contributed by atoms with Gasteiger partial charge in [-0.2, -0.15) is 0 Å². The number of benzene rings is 1. The summed E-state index contributed by atoms with van der Waals surface area (Å²) < 4.78 is 1.85. The third-order valence-electron chi connectivity index (χ3n) is 3.64. The van der Waals surface area contributed by atoms with Crippen molar-refractivity contribution in [2.45, 2.75) is 20.8 Å². The van der Waals surface area contributed by atoms with Crippen LogP contribution in [0.3, 0.4) is 0 Å². The Morgan fingerprint density at radius 2 is 1.81 bits per heavy atom. The van der Waals surface area contributed by atoms with Crippen LogP contribution in [0, 0.1) is 20.8 Å². The lowest BCUT2D eigenvalue weighted by Gasteiger charge is -2.08. The predicted molar refractivity (Wildman–Crippen MR) is 81.8 cm³/mol. The van der Waals surface area contributed by atoms with E-state index in [0.717, 1.165) is 11.3 Å². The van der Waals surface area contributed by atoms with Crippen LogP contribution in [0.2, 0.25) is 0 Å². The second kappa shape index (κ2) is 4.74. The zero-order chi connectivity index (χ0) is 15.1. The van der Waals surface area contributed by atoms with Crippen LogP contribution >= 0.6 is 0 Å². The summed E-state index contributed by atoms with van der Waals surface area (Å²) in [5.41, 5.74) is 6.45. The number of fused-ring (bicyclic) bond motifs is 1. The van der Waals surface area contributed by atoms with Crippen LogP contribution in [0.4, 0.5) is 0 Å². The minimum Gasteiger partial charge on any atom is -0.478 e. The van der Waals surface area contributed by atoms with Crippen molar-refractivity contribution in [3.63, 3.8) is 0 Å². The fourth-order valence-electron chi connectivity index (χ4n) is 2.82. The average molecular weight is 280 g/mol. The summed E-state index contributed by atoms with van der Waals surface area (Å²) in [5, 5.41) is 9.05. The molecule has 0 unspecified atom stereocenters. The van der Waals surface area contributed by atoms with E-state index >= 15 is 0 Å². The first-order valence-corrected chi connectivity index (χ1v) is 6.76. The highest BCUT2D eigenvalue weighted by Crippen LogP contribution is 2.28. The van der Waals surface area contributed by atoms with Crippen LogP contribution in [0.25, 0.3) is 16.9 Å². The Hall–Kier alpha value is -2.62. The number of aromatic carboxylic acids is 1. The van der Waals surface area contributed by atoms with E-state index in [0.29, 0.717) is 5.65 Å². The highest BCUT2D eigenvalue weighted by atomic mass is 16.4. The van der Waals surface area contributed by atoms with Gasteiger partial charge in [0.2, 0.25) is 0 Å².